The van der Waals surface area contributed by atoms with Gasteiger partial charge in [-0.15, -0.1) is 0 Å². The van der Waals surface area contributed by atoms with Crippen molar-refractivity contribution in [2.24, 2.45) is 5.92 Å². The number of aliphatic hydroxyl groups is 1. The summed E-state index contributed by atoms with van der Waals surface area (Å²) in [6.45, 7) is 7.55. The molecule has 16 heavy (non-hydrogen) atoms. The van der Waals surface area contributed by atoms with Crippen molar-refractivity contribution in [2.75, 3.05) is 25.1 Å². The van der Waals surface area contributed by atoms with E-state index in [0.717, 1.165) is 13.0 Å². The van der Waals surface area contributed by atoms with Crippen LogP contribution in [-0.2, 0) is 0 Å². The topological polar surface area (TPSA) is 23.5 Å². The SMILES string of the molecule is CCC(CO)CN(C)c1ccc(C)cc1C. The predicted octanol–water partition coefficient (Wildman–Crippen LogP) is 2.76. The number of hydrogen-bond acceptors (Lipinski definition) is 2. The van der Waals surface area contributed by atoms with Gasteiger partial charge in [-0.05, 0) is 37.8 Å². The second-order valence-corrected chi connectivity index (χ2v) is 4.63. The minimum Gasteiger partial charge on any atom is -0.396 e. The number of aryl methyl sites for hydroxylation is 2. The van der Waals surface area contributed by atoms with Gasteiger partial charge in [0.25, 0.3) is 0 Å². The van der Waals surface area contributed by atoms with Crippen molar-refractivity contribution in [3.8, 4) is 0 Å². The molecule has 1 N–H and O–H groups in total. The van der Waals surface area contributed by atoms with Crippen molar-refractivity contribution in [3.05, 3.63) is 29.3 Å². The zero-order valence-corrected chi connectivity index (χ0v) is 10.8. The van der Waals surface area contributed by atoms with E-state index >= 15 is 0 Å². The highest BCUT2D eigenvalue weighted by Crippen LogP contribution is 2.21. The Bertz CT molecular complexity index is 332. The Morgan fingerprint density at radius 1 is 1.31 bits per heavy atom. The van der Waals surface area contributed by atoms with Crippen molar-refractivity contribution in [1.82, 2.24) is 0 Å². The molecule has 0 aromatic heterocycles. The number of anilines is 1. The third-order valence-electron chi connectivity index (χ3n) is 3.13. The second-order valence-electron chi connectivity index (χ2n) is 4.63. The highest BCUT2D eigenvalue weighted by molar-refractivity contribution is 5.53. The lowest BCUT2D eigenvalue weighted by atomic mass is 10.1. The molecular formula is C14H23NO. The molecule has 0 heterocycles. The van der Waals surface area contributed by atoms with Gasteiger partial charge in [-0.1, -0.05) is 24.6 Å². The van der Waals surface area contributed by atoms with Gasteiger partial charge in [-0.3, -0.25) is 0 Å². The van der Waals surface area contributed by atoms with E-state index in [0.29, 0.717) is 5.92 Å². The molecule has 0 aliphatic heterocycles. The number of benzene rings is 1. The smallest absolute Gasteiger partial charge is 0.0476 e. The molecule has 1 aromatic carbocycles. The predicted molar refractivity (Wildman–Crippen MR) is 70.1 cm³/mol. The molecule has 0 aliphatic carbocycles. The highest BCUT2D eigenvalue weighted by Gasteiger charge is 2.10. The molecule has 1 rings (SSSR count). The van der Waals surface area contributed by atoms with Gasteiger partial charge in [-0.2, -0.15) is 0 Å². The van der Waals surface area contributed by atoms with E-state index < -0.39 is 0 Å². The van der Waals surface area contributed by atoms with Crippen LogP contribution in [0.25, 0.3) is 0 Å². The van der Waals surface area contributed by atoms with Crippen molar-refractivity contribution < 1.29 is 5.11 Å². The Morgan fingerprint density at radius 3 is 2.50 bits per heavy atom. The molecule has 2 nitrogen and oxygen atoms in total. The Labute approximate surface area is 98.9 Å². The molecule has 0 bridgehead atoms. The number of rotatable bonds is 5. The minimum atomic E-state index is 0.270. The normalized spacial score (nSPS) is 12.6. The van der Waals surface area contributed by atoms with Crippen molar-refractivity contribution in [3.63, 3.8) is 0 Å². The highest BCUT2D eigenvalue weighted by atomic mass is 16.3. The van der Waals surface area contributed by atoms with Crippen LogP contribution in [0.3, 0.4) is 0 Å². The van der Waals surface area contributed by atoms with Crippen LogP contribution in [0, 0.1) is 19.8 Å². The fourth-order valence-corrected chi connectivity index (χ4v) is 2.04. The van der Waals surface area contributed by atoms with Crippen molar-refractivity contribution in [2.45, 2.75) is 27.2 Å². The third kappa shape index (κ3) is 3.24. The van der Waals surface area contributed by atoms with Gasteiger partial charge in [0.1, 0.15) is 0 Å². The molecule has 0 radical (unpaired) electrons. The largest absolute Gasteiger partial charge is 0.396 e. The van der Waals surface area contributed by atoms with Gasteiger partial charge < -0.3 is 10.0 Å². The monoisotopic (exact) mass is 221 g/mol. The average Bonchev–Trinajstić information content (AvgIpc) is 2.25. The Hall–Kier alpha value is -1.02. The minimum absolute atomic E-state index is 0.270. The van der Waals surface area contributed by atoms with Crippen LogP contribution in [-0.4, -0.2) is 25.3 Å². The van der Waals surface area contributed by atoms with E-state index in [1.165, 1.54) is 16.8 Å². The third-order valence-corrected chi connectivity index (χ3v) is 3.13. The summed E-state index contributed by atoms with van der Waals surface area (Å²) >= 11 is 0. The maximum absolute atomic E-state index is 9.21. The Kier molecular flexibility index (Phi) is 4.81. The van der Waals surface area contributed by atoms with E-state index in [9.17, 15) is 5.11 Å². The quantitative estimate of drug-likeness (QED) is 0.826. The van der Waals surface area contributed by atoms with Gasteiger partial charge >= 0.3 is 0 Å². The maximum atomic E-state index is 9.21. The van der Waals surface area contributed by atoms with Crippen molar-refractivity contribution >= 4 is 5.69 Å². The van der Waals surface area contributed by atoms with E-state index in [1.54, 1.807) is 0 Å². The molecule has 2 heteroatoms. The molecule has 1 unspecified atom stereocenters. The zero-order chi connectivity index (χ0) is 12.1. The summed E-state index contributed by atoms with van der Waals surface area (Å²) in [6, 6.07) is 6.50. The molecule has 0 amide bonds. The average molecular weight is 221 g/mol. The van der Waals surface area contributed by atoms with E-state index in [-0.39, 0.29) is 6.61 Å². The van der Waals surface area contributed by atoms with Crippen molar-refractivity contribution in [1.29, 1.82) is 0 Å². The number of aliphatic hydroxyl groups excluding tert-OH is 1. The summed E-state index contributed by atoms with van der Waals surface area (Å²) < 4.78 is 0. The maximum Gasteiger partial charge on any atom is 0.0476 e. The first-order valence-electron chi connectivity index (χ1n) is 5.97. The summed E-state index contributed by atoms with van der Waals surface area (Å²) in [5, 5.41) is 9.21. The molecule has 0 saturated heterocycles. The summed E-state index contributed by atoms with van der Waals surface area (Å²) in [5.41, 5.74) is 3.86. The summed E-state index contributed by atoms with van der Waals surface area (Å²) in [6.07, 6.45) is 1.02. The molecule has 0 aliphatic rings. The van der Waals surface area contributed by atoms with Crippen LogP contribution in [0.1, 0.15) is 24.5 Å². The van der Waals surface area contributed by atoms with Crippen LogP contribution >= 0.6 is 0 Å². The summed E-state index contributed by atoms with van der Waals surface area (Å²) in [7, 11) is 2.09. The van der Waals surface area contributed by atoms with Crippen LogP contribution in [0.2, 0.25) is 0 Å². The van der Waals surface area contributed by atoms with Crippen LogP contribution in [0.5, 0.6) is 0 Å². The standard InChI is InChI=1S/C14H23NO/c1-5-13(10-16)9-15(4)14-7-6-11(2)8-12(14)3/h6-8,13,16H,5,9-10H2,1-4H3. The summed E-state index contributed by atoms with van der Waals surface area (Å²) in [5.74, 6) is 0.366. The first-order chi connectivity index (χ1) is 7.58. The Morgan fingerprint density at radius 2 is 2.00 bits per heavy atom. The van der Waals surface area contributed by atoms with Gasteiger partial charge in [0.15, 0.2) is 0 Å². The van der Waals surface area contributed by atoms with Gasteiger partial charge in [0, 0.05) is 25.9 Å². The number of hydrogen-bond donors (Lipinski definition) is 1. The lowest BCUT2D eigenvalue weighted by molar-refractivity contribution is 0.225. The summed E-state index contributed by atoms with van der Waals surface area (Å²) in [4.78, 5) is 2.24. The fourth-order valence-electron chi connectivity index (χ4n) is 2.04. The molecular weight excluding hydrogens is 198 g/mol. The van der Waals surface area contributed by atoms with Crippen LogP contribution < -0.4 is 4.90 Å². The van der Waals surface area contributed by atoms with Gasteiger partial charge in [-0.25, -0.2) is 0 Å². The van der Waals surface area contributed by atoms with Crippen LogP contribution in [0.4, 0.5) is 5.69 Å². The Balaban J connectivity index is 2.76. The number of nitrogens with zero attached hydrogens (tertiary/aromatic N) is 1. The molecule has 0 spiro atoms. The van der Waals surface area contributed by atoms with Gasteiger partial charge in [0.2, 0.25) is 0 Å². The van der Waals surface area contributed by atoms with Crippen LogP contribution in [0.15, 0.2) is 18.2 Å². The zero-order valence-electron chi connectivity index (χ0n) is 10.8. The lowest BCUT2D eigenvalue weighted by Crippen LogP contribution is -2.27. The van der Waals surface area contributed by atoms with Gasteiger partial charge in [0.05, 0.1) is 0 Å². The molecule has 0 fully saturated rings. The molecule has 90 valence electrons. The molecule has 0 saturated carbocycles. The van der Waals surface area contributed by atoms with E-state index in [1.807, 2.05) is 0 Å². The fraction of sp³-hybridized carbons (Fsp3) is 0.571. The first-order valence-corrected chi connectivity index (χ1v) is 5.97. The molecule has 1 atom stereocenters. The second kappa shape index (κ2) is 5.90. The van der Waals surface area contributed by atoms with E-state index in [2.05, 4.69) is 50.9 Å². The molecule has 1 aromatic rings. The lowest BCUT2D eigenvalue weighted by Gasteiger charge is -2.25. The first kappa shape index (κ1) is 13.0. The van der Waals surface area contributed by atoms with E-state index in [4.69, 9.17) is 0 Å².